The molecule has 0 aliphatic heterocycles. The lowest BCUT2D eigenvalue weighted by molar-refractivity contribution is -0.140. The predicted octanol–water partition coefficient (Wildman–Crippen LogP) is 0.225. The Morgan fingerprint density at radius 3 is 2.41 bits per heavy atom. The Labute approximate surface area is 157 Å². The van der Waals surface area contributed by atoms with Crippen LogP contribution in [0.1, 0.15) is 35.9 Å². The summed E-state index contributed by atoms with van der Waals surface area (Å²) < 4.78 is 6.42. The van der Waals surface area contributed by atoms with Crippen molar-refractivity contribution in [2.24, 2.45) is 0 Å². The molecule has 10 heteroatoms. The van der Waals surface area contributed by atoms with Crippen LogP contribution in [0.2, 0.25) is 0 Å². The van der Waals surface area contributed by atoms with Crippen LogP contribution in [0.15, 0.2) is 6.07 Å². The van der Waals surface area contributed by atoms with Gasteiger partial charge in [0.1, 0.15) is 0 Å². The van der Waals surface area contributed by atoms with E-state index in [1.54, 1.807) is 4.90 Å². The molecule has 0 N–H and O–H groups in total. The largest absolute Gasteiger partial charge is 0.450 e. The second-order valence-electron chi connectivity index (χ2n) is 6.08. The first-order chi connectivity index (χ1) is 12.8. The molecule has 27 heavy (non-hydrogen) atoms. The van der Waals surface area contributed by atoms with Crippen molar-refractivity contribution in [3.63, 3.8) is 0 Å². The highest BCUT2D eigenvalue weighted by Gasteiger charge is 2.21. The number of nitrogens with zero attached hydrogens (tertiary/aromatic N) is 6. The molecule has 0 fully saturated rings. The molecule has 10 nitrogen and oxygen atoms in total. The zero-order valence-corrected chi connectivity index (χ0v) is 16.2. The minimum atomic E-state index is -0.825. The molecule has 0 saturated carbocycles. The lowest BCUT2D eigenvalue weighted by Gasteiger charge is -2.23. The van der Waals surface area contributed by atoms with Crippen LogP contribution in [0.25, 0.3) is 5.78 Å². The van der Waals surface area contributed by atoms with Crippen molar-refractivity contribution >= 4 is 23.6 Å². The molecule has 0 aliphatic carbocycles. The zero-order chi connectivity index (χ0) is 20.1. The number of likely N-dealkylation sites (N-methyl/N-ethyl adjacent to an activating group) is 2. The molecule has 2 rings (SSSR count). The third-order valence-electron chi connectivity index (χ3n) is 4.04. The van der Waals surface area contributed by atoms with Crippen LogP contribution in [0.3, 0.4) is 0 Å². The second-order valence-corrected chi connectivity index (χ2v) is 6.08. The van der Waals surface area contributed by atoms with E-state index in [2.05, 4.69) is 15.1 Å². The van der Waals surface area contributed by atoms with E-state index in [0.717, 1.165) is 11.4 Å². The molecule has 2 aromatic heterocycles. The maximum atomic E-state index is 12.1. The third kappa shape index (κ3) is 4.78. The number of aromatic nitrogens is 4. The molecule has 0 bridgehead atoms. The molecular formula is C17H24N6O4. The monoisotopic (exact) mass is 376 g/mol. The highest BCUT2D eigenvalue weighted by molar-refractivity contribution is 5.89. The number of hydrogen-bond donors (Lipinski definition) is 0. The van der Waals surface area contributed by atoms with E-state index < -0.39 is 18.5 Å². The lowest BCUT2D eigenvalue weighted by Crippen LogP contribution is -2.42. The third-order valence-corrected chi connectivity index (χ3v) is 4.04. The minimum absolute atomic E-state index is 0.0763. The van der Waals surface area contributed by atoms with E-state index in [0.29, 0.717) is 13.1 Å². The maximum Gasteiger partial charge on any atom is 0.378 e. The topological polar surface area (TPSA) is 110 Å². The Morgan fingerprint density at radius 2 is 1.78 bits per heavy atom. The van der Waals surface area contributed by atoms with Crippen LogP contribution in [-0.2, 0) is 14.3 Å². The minimum Gasteiger partial charge on any atom is -0.450 e. The van der Waals surface area contributed by atoms with Crippen LogP contribution in [0, 0.1) is 13.8 Å². The van der Waals surface area contributed by atoms with E-state index in [9.17, 15) is 14.4 Å². The molecule has 146 valence electrons. The smallest absolute Gasteiger partial charge is 0.378 e. The van der Waals surface area contributed by atoms with Gasteiger partial charge in [-0.1, -0.05) is 0 Å². The number of carbonyl (C=O) groups excluding carboxylic acids is 3. The van der Waals surface area contributed by atoms with Gasteiger partial charge >= 0.3 is 5.97 Å². The summed E-state index contributed by atoms with van der Waals surface area (Å²) >= 11 is 0. The molecule has 2 heterocycles. The Morgan fingerprint density at radius 1 is 1.11 bits per heavy atom. The molecule has 0 spiro atoms. The number of carbonyl (C=O) groups is 3. The van der Waals surface area contributed by atoms with Gasteiger partial charge in [-0.05, 0) is 33.8 Å². The summed E-state index contributed by atoms with van der Waals surface area (Å²) in [7, 11) is 1.48. The summed E-state index contributed by atoms with van der Waals surface area (Å²) in [6.45, 7) is 7.92. The summed E-state index contributed by atoms with van der Waals surface area (Å²) in [5.41, 5.74) is 1.52. The normalized spacial score (nSPS) is 10.7. The SMILES string of the molecule is CCN(CC)C(=O)CN(C)C(=O)COC(=O)c1nc2nc(C)cc(C)n2n1. The fourth-order valence-electron chi connectivity index (χ4n) is 2.52. The van der Waals surface area contributed by atoms with Gasteiger partial charge in [0.25, 0.3) is 17.5 Å². The molecule has 0 aromatic carbocycles. The first-order valence-corrected chi connectivity index (χ1v) is 8.66. The van der Waals surface area contributed by atoms with E-state index >= 15 is 0 Å². The van der Waals surface area contributed by atoms with Crippen LogP contribution in [0.4, 0.5) is 0 Å². The van der Waals surface area contributed by atoms with Crippen molar-refractivity contribution in [2.75, 3.05) is 33.3 Å². The van der Waals surface area contributed by atoms with Gasteiger partial charge in [0.15, 0.2) is 6.61 Å². The summed E-state index contributed by atoms with van der Waals surface area (Å²) in [5, 5.41) is 4.05. The van der Waals surface area contributed by atoms with Crippen molar-refractivity contribution in [1.29, 1.82) is 0 Å². The predicted molar refractivity (Wildman–Crippen MR) is 96.1 cm³/mol. The van der Waals surface area contributed by atoms with E-state index in [-0.39, 0.29) is 24.1 Å². The van der Waals surface area contributed by atoms with Crippen molar-refractivity contribution in [3.05, 3.63) is 23.3 Å². The molecule has 0 unspecified atom stereocenters. The summed E-state index contributed by atoms with van der Waals surface area (Å²) in [5.74, 6) is -1.37. The van der Waals surface area contributed by atoms with Crippen molar-refractivity contribution in [2.45, 2.75) is 27.7 Å². The molecule has 0 saturated heterocycles. The number of ether oxygens (including phenoxy) is 1. The number of aryl methyl sites for hydroxylation is 2. The van der Waals surface area contributed by atoms with Crippen molar-refractivity contribution in [3.8, 4) is 0 Å². The number of hydrogen-bond acceptors (Lipinski definition) is 7. The Balaban J connectivity index is 1.95. The molecular weight excluding hydrogens is 352 g/mol. The first kappa shape index (κ1) is 20.3. The van der Waals surface area contributed by atoms with Gasteiger partial charge in [-0.3, -0.25) is 9.59 Å². The molecule has 0 radical (unpaired) electrons. The second kappa shape index (κ2) is 8.56. The average Bonchev–Trinajstić information content (AvgIpc) is 3.04. The molecule has 2 amide bonds. The fraction of sp³-hybridized carbons (Fsp3) is 0.529. The van der Waals surface area contributed by atoms with E-state index in [1.807, 2.05) is 33.8 Å². The molecule has 2 aromatic rings. The van der Waals surface area contributed by atoms with Gasteiger partial charge in [0, 0.05) is 31.5 Å². The van der Waals surface area contributed by atoms with E-state index in [4.69, 9.17) is 4.74 Å². The van der Waals surface area contributed by atoms with Crippen LogP contribution < -0.4 is 0 Å². The fourth-order valence-corrected chi connectivity index (χ4v) is 2.52. The van der Waals surface area contributed by atoms with Gasteiger partial charge in [-0.25, -0.2) is 14.3 Å². The molecule has 0 aliphatic rings. The van der Waals surface area contributed by atoms with Gasteiger partial charge in [0.2, 0.25) is 5.91 Å². The van der Waals surface area contributed by atoms with Crippen LogP contribution >= 0.6 is 0 Å². The summed E-state index contributed by atoms with van der Waals surface area (Å²) in [4.78, 5) is 47.3. The maximum absolute atomic E-state index is 12.1. The highest BCUT2D eigenvalue weighted by Crippen LogP contribution is 2.06. The first-order valence-electron chi connectivity index (χ1n) is 8.66. The number of fused-ring (bicyclic) bond motifs is 1. The van der Waals surface area contributed by atoms with E-state index in [1.165, 1.54) is 16.5 Å². The lowest BCUT2D eigenvalue weighted by atomic mass is 10.4. The van der Waals surface area contributed by atoms with Crippen LogP contribution in [-0.4, -0.2) is 80.5 Å². The number of amides is 2. The quantitative estimate of drug-likeness (QED) is 0.636. The van der Waals surface area contributed by atoms with Gasteiger partial charge in [0.05, 0.1) is 6.54 Å². The zero-order valence-electron chi connectivity index (χ0n) is 16.2. The number of rotatable bonds is 7. The van der Waals surface area contributed by atoms with Crippen molar-refractivity contribution in [1.82, 2.24) is 29.4 Å². The highest BCUT2D eigenvalue weighted by atomic mass is 16.5. The van der Waals surface area contributed by atoms with Gasteiger partial charge < -0.3 is 14.5 Å². The van der Waals surface area contributed by atoms with Crippen molar-refractivity contribution < 1.29 is 19.1 Å². The Bertz CT molecular complexity index is 858. The van der Waals surface area contributed by atoms with Gasteiger partial charge in [-0.2, -0.15) is 4.98 Å². The summed E-state index contributed by atoms with van der Waals surface area (Å²) in [6, 6.07) is 1.81. The standard InChI is InChI=1S/C17H24N6O4/c1-6-22(7-2)13(24)9-21(5)14(25)10-27-16(26)15-19-17-18-11(3)8-12(4)23(17)20-15/h8H,6-7,9-10H2,1-5H3. The Kier molecular flexibility index (Phi) is 6.43. The molecule has 0 atom stereocenters. The van der Waals surface area contributed by atoms with Gasteiger partial charge in [-0.15, -0.1) is 5.10 Å². The van der Waals surface area contributed by atoms with Crippen LogP contribution in [0.5, 0.6) is 0 Å². The summed E-state index contributed by atoms with van der Waals surface area (Å²) in [6.07, 6.45) is 0. The number of esters is 1. The Hall–Kier alpha value is -3.04. The average molecular weight is 376 g/mol.